The van der Waals surface area contributed by atoms with Crippen LogP contribution >= 0.6 is 0 Å². The van der Waals surface area contributed by atoms with Crippen molar-refractivity contribution in [1.29, 1.82) is 5.26 Å². The van der Waals surface area contributed by atoms with Crippen molar-refractivity contribution < 1.29 is 14.3 Å². The molecule has 1 aliphatic heterocycles. The molecule has 3 rings (SSSR count). The van der Waals surface area contributed by atoms with E-state index in [9.17, 15) is 10.0 Å². The van der Waals surface area contributed by atoms with E-state index in [1.807, 2.05) is 6.07 Å². The fourth-order valence-corrected chi connectivity index (χ4v) is 2.32. The second kappa shape index (κ2) is 4.76. The van der Waals surface area contributed by atoms with Gasteiger partial charge < -0.3 is 9.94 Å². The number of nitrogens with zero attached hydrogens (tertiary/aromatic N) is 2. The molecule has 0 spiro atoms. The zero-order chi connectivity index (χ0) is 15.0. The number of benzene rings is 2. The predicted molar refractivity (Wildman–Crippen MR) is 75.9 cm³/mol. The van der Waals surface area contributed by atoms with Gasteiger partial charge in [0.1, 0.15) is 11.3 Å². The number of hydrogen-bond acceptors (Lipinski definition) is 4. The highest BCUT2D eigenvalue weighted by Gasteiger charge is 2.36. The average molecular weight is 278 g/mol. The van der Waals surface area contributed by atoms with Crippen molar-refractivity contribution in [3.8, 4) is 11.8 Å². The second-order valence-electron chi connectivity index (χ2n) is 4.55. The van der Waals surface area contributed by atoms with Crippen LogP contribution in [0.25, 0.3) is 0 Å². The third kappa shape index (κ3) is 1.94. The first-order valence-electron chi connectivity index (χ1n) is 6.23. The summed E-state index contributed by atoms with van der Waals surface area (Å²) in [5.74, 6) is 0.181. The van der Waals surface area contributed by atoms with Gasteiger partial charge in [0.05, 0.1) is 24.3 Å². The maximum absolute atomic E-state index is 12.4. The van der Waals surface area contributed by atoms with E-state index in [4.69, 9.17) is 10.00 Å². The molecule has 0 aliphatic carbocycles. The fraction of sp³-hybridized carbons (Fsp3) is 0.0625. The minimum absolute atomic E-state index is 0.0407. The topological polar surface area (TPSA) is 76.2 Å². The smallest absolute Gasteiger partial charge is 0.273 e. The quantitative estimate of drug-likeness (QED) is 0.624. The van der Waals surface area contributed by atoms with Crippen molar-refractivity contribution in [2.45, 2.75) is 0 Å². The Hall–Kier alpha value is -3.13. The molecule has 0 fully saturated rings. The van der Waals surface area contributed by atoms with Crippen LogP contribution in [-0.4, -0.2) is 23.3 Å². The third-order valence-corrected chi connectivity index (χ3v) is 3.35. The first kappa shape index (κ1) is 12.9. The lowest BCUT2D eigenvalue weighted by molar-refractivity contribution is -0.355. The fourth-order valence-electron chi connectivity index (χ4n) is 2.32. The van der Waals surface area contributed by atoms with Crippen LogP contribution in [0, 0.1) is 16.5 Å². The number of ketones is 1. The third-order valence-electron chi connectivity index (χ3n) is 3.35. The molecule has 2 aromatic carbocycles. The van der Waals surface area contributed by atoms with Crippen LogP contribution in [0.15, 0.2) is 42.5 Å². The summed E-state index contributed by atoms with van der Waals surface area (Å²) in [5.41, 5.74) is 1.39. The van der Waals surface area contributed by atoms with Crippen molar-refractivity contribution in [2.75, 3.05) is 7.11 Å². The number of rotatable bonds is 2. The van der Waals surface area contributed by atoms with Crippen molar-refractivity contribution in [3.05, 3.63) is 64.4 Å². The summed E-state index contributed by atoms with van der Waals surface area (Å²) in [6.07, 6.45) is 0. The molecule has 1 heterocycles. The second-order valence-corrected chi connectivity index (χ2v) is 4.55. The van der Waals surface area contributed by atoms with Gasteiger partial charge in [0.15, 0.2) is 0 Å². The molecular formula is C16H10N2O3. The Balaban J connectivity index is 2.15. The van der Waals surface area contributed by atoms with E-state index in [1.54, 1.807) is 24.3 Å². The van der Waals surface area contributed by atoms with Gasteiger partial charge in [0, 0.05) is 6.07 Å². The molecular weight excluding hydrogens is 268 g/mol. The molecule has 5 heteroatoms. The molecule has 0 aromatic heterocycles. The molecule has 102 valence electrons. The van der Waals surface area contributed by atoms with Crippen LogP contribution in [0.5, 0.6) is 5.75 Å². The average Bonchev–Trinajstić information content (AvgIpc) is 2.78. The first-order chi connectivity index (χ1) is 10.2. The summed E-state index contributed by atoms with van der Waals surface area (Å²) >= 11 is 0. The van der Waals surface area contributed by atoms with Crippen LogP contribution in [0.3, 0.4) is 0 Å². The Morgan fingerprint density at radius 2 is 2.05 bits per heavy atom. The normalized spacial score (nSPS) is 13.0. The van der Waals surface area contributed by atoms with E-state index >= 15 is 0 Å². The Bertz CT molecular complexity index is 832. The monoisotopic (exact) mass is 278 g/mol. The van der Waals surface area contributed by atoms with Crippen molar-refractivity contribution >= 4 is 17.2 Å². The van der Waals surface area contributed by atoms with Gasteiger partial charge in [0.25, 0.3) is 11.5 Å². The number of carbonyl (C=O) groups is 1. The van der Waals surface area contributed by atoms with Gasteiger partial charge in [-0.15, -0.1) is 0 Å². The number of nitriles is 1. The molecule has 0 unspecified atom stereocenters. The van der Waals surface area contributed by atoms with Gasteiger partial charge in [0.2, 0.25) is 5.69 Å². The SMILES string of the molecule is COc1cccc(C2=[N+]([O-])c3ccc(C#N)cc3C2=O)c1. The zero-order valence-corrected chi connectivity index (χ0v) is 11.2. The highest BCUT2D eigenvalue weighted by Crippen LogP contribution is 2.29. The largest absolute Gasteiger partial charge is 0.618 e. The predicted octanol–water partition coefficient (Wildman–Crippen LogP) is 2.39. The Morgan fingerprint density at radius 1 is 1.24 bits per heavy atom. The molecule has 0 amide bonds. The lowest BCUT2D eigenvalue weighted by Gasteiger charge is -2.04. The van der Waals surface area contributed by atoms with E-state index in [2.05, 4.69) is 0 Å². The lowest BCUT2D eigenvalue weighted by atomic mass is 10.0. The number of fused-ring (bicyclic) bond motifs is 1. The Morgan fingerprint density at radius 3 is 2.76 bits per heavy atom. The highest BCUT2D eigenvalue weighted by molar-refractivity contribution is 6.52. The van der Waals surface area contributed by atoms with Crippen LogP contribution in [0.4, 0.5) is 5.69 Å². The van der Waals surface area contributed by atoms with E-state index in [-0.39, 0.29) is 22.7 Å². The van der Waals surface area contributed by atoms with Crippen molar-refractivity contribution in [2.24, 2.45) is 0 Å². The molecule has 0 saturated carbocycles. The highest BCUT2D eigenvalue weighted by atomic mass is 16.5. The Labute approximate surface area is 120 Å². The van der Waals surface area contributed by atoms with Gasteiger partial charge in [-0.1, -0.05) is 6.07 Å². The molecule has 0 N–H and O–H groups in total. The van der Waals surface area contributed by atoms with Gasteiger partial charge in [-0.25, -0.2) is 0 Å². The van der Waals surface area contributed by atoms with Crippen LogP contribution in [0.1, 0.15) is 21.5 Å². The Kier molecular flexibility index (Phi) is 2.92. The van der Waals surface area contributed by atoms with E-state index in [1.165, 1.54) is 25.3 Å². The molecule has 5 nitrogen and oxygen atoms in total. The van der Waals surface area contributed by atoms with Crippen LogP contribution in [0.2, 0.25) is 0 Å². The first-order valence-corrected chi connectivity index (χ1v) is 6.23. The minimum atomic E-state index is -0.384. The van der Waals surface area contributed by atoms with E-state index in [0.717, 1.165) is 0 Å². The molecule has 21 heavy (non-hydrogen) atoms. The minimum Gasteiger partial charge on any atom is -0.618 e. The van der Waals surface area contributed by atoms with Crippen LogP contribution in [-0.2, 0) is 0 Å². The number of hydrogen-bond donors (Lipinski definition) is 0. The molecule has 1 aliphatic rings. The summed E-state index contributed by atoms with van der Waals surface area (Å²) in [5, 5.41) is 21.2. The maximum atomic E-state index is 12.4. The van der Waals surface area contributed by atoms with Gasteiger partial charge in [-0.2, -0.15) is 10.0 Å². The van der Waals surface area contributed by atoms with Crippen LogP contribution < -0.4 is 4.74 Å². The van der Waals surface area contributed by atoms with Gasteiger partial charge in [-0.05, 0) is 30.3 Å². The van der Waals surface area contributed by atoms with Gasteiger partial charge in [-0.3, -0.25) is 4.79 Å². The molecule has 2 aromatic rings. The summed E-state index contributed by atoms with van der Waals surface area (Å²) < 4.78 is 5.72. The number of Topliss-reactive ketones (excluding diaryl/α,β-unsaturated/α-hetero) is 1. The molecule has 0 saturated heterocycles. The standard InChI is InChI=1S/C16H10N2O3/c1-21-12-4-2-3-11(8-12)15-16(19)13-7-10(9-17)5-6-14(13)18(15)20/h2-8H,1H3. The summed E-state index contributed by atoms with van der Waals surface area (Å²) in [6, 6.07) is 13.2. The summed E-state index contributed by atoms with van der Waals surface area (Å²) in [4.78, 5) is 12.4. The van der Waals surface area contributed by atoms with Crippen molar-refractivity contribution in [1.82, 2.24) is 0 Å². The number of carbonyl (C=O) groups excluding carboxylic acids is 1. The number of ether oxygens (including phenoxy) is 1. The molecule has 0 bridgehead atoms. The summed E-state index contributed by atoms with van der Waals surface area (Å²) in [7, 11) is 1.52. The molecule has 0 radical (unpaired) electrons. The lowest BCUT2D eigenvalue weighted by Crippen LogP contribution is -2.16. The van der Waals surface area contributed by atoms with E-state index in [0.29, 0.717) is 21.6 Å². The van der Waals surface area contributed by atoms with E-state index < -0.39 is 0 Å². The summed E-state index contributed by atoms with van der Waals surface area (Å²) in [6.45, 7) is 0. The number of methoxy groups -OCH3 is 1. The van der Waals surface area contributed by atoms with Gasteiger partial charge >= 0.3 is 0 Å². The molecule has 0 atom stereocenters. The maximum Gasteiger partial charge on any atom is 0.273 e. The van der Waals surface area contributed by atoms with Crippen molar-refractivity contribution in [3.63, 3.8) is 0 Å². The zero-order valence-electron chi connectivity index (χ0n) is 11.2.